The molecule has 1 unspecified atom stereocenters. The summed E-state index contributed by atoms with van der Waals surface area (Å²) in [6.45, 7) is 0. The van der Waals surface area contributed by atoms with Gasteiger partial charge in [0.15, 0.2) is 10.7 Å². The van der Waals surface area contributed by atoms with Crippen molar-refractivity contribution in [1.82, 2.24) is 0 Å². The van der Waals surface area contributed by atoms with Crippen LogP contribution in [0.15, 0.2) is 0 Å². The first-order valence-corrected chi connectivity index (χ1v) is 4.94. The van der Waals surface area contributed by atoms with Crippen LogP contribution in [0.2, 0.25) is 0 Å². The lowest BCUT2D eigenvalue weighted by molar-refractivity contribution is 0.495. The number of halogens is 1. The third kappa shape index (κ3) is 3.12. The first-order chi connectivity index (χ1) is 2.94. The normalized spacial score (nSPS) is 16.4. The molecule has 1 atom stereocenters. The van der Waals surface area contributed by atoms with Gasteiger partial charge in [0.05, 0.1) is 0 Å². The number of rotatable bonds is 1. The standard InChI is InChI=1S/ClHO4S2/c1-6(2)7(3,4)5/h(H,3,4,5). The molecule has 0 saturated carbocycles. The maximum absolute atomic E-state index is 9.50. The SMILES string of the molecule is O=S(=O)(O)[S+]([O-])Cl. The summed E-state index contributed by atoms with van der Waals surface area (Å²) in [5, 5.41) is 0. The molecule has 0 spiro atoms. The van der Waals surface area contributed by atoms with Gasteiger partial charge < -0.3 is 4.55 Å². The molecular formula is HClO4S2. The second-order valence-corrected chi connectivity index (χ2v) is 5.43. The third-order valence-corrected chi connectivity index (χ3v) is 2.92. The van der Waals surface area contributed by atoms with Gasteiger partial charge in [-0.05, 0) is 0 Å². The molecule has 0 aliphatic heterocycles. The van der Waals surface area contributed by atoms with Crippen LogP contribution in [0.4, 0.5) is 0 Å². The molecule has 0 aromatic carbocycles. The van der Waals surface area contributed by atoms with E-state index in [1.807, 2.05) is 0 Å². The van der Waals surface area contributed by atoms with Gasteiger partial charge in [-0.15, -0.1) is 8.42 Å². The molecule has 44 valence electrons. The Kier molecular flexibility index (Phi) is 2.34. The Morgan fingerprint density at radius 3 is 1.86 bits per heavy atom. The molecule has 0 aliphatic carbocycles. The van der Waals surface area contributed by atoms with Gasteiger partial charge in [0.25, 0.3) is 0 Å². The first-order valence-electron chi connectivity index (χ1n) is 1.00. The van der Waals surface area contributed by atoms with E-state index in [0.29, 0.717) is 0 Å². The van der Waals surface area contributed by atoms with Crippen molar-refractivity contribution < 1.29 is 17.5 Å². The molecule has 7 heavy (non-hydrogen) atoms. The maximum atomic E-state index is 9.50. The summed E-state index contributed by atoms with van der Waals surface area (Å²) in [7, 11) is -2.80. The van der Waals surface area contributed by atoms with E-state index in [0.717, 1.165) is 0 Å². The van der Waals surface area contributed by atoms with Gasteiger partial charge in [-0.1, -0.05) is 0 Å². The quantitative estimate of drug-likeness (QED) is 0.328. The van der Waals surface area contributed by atoms with Crippen LogP contribution < -0.4 is 0 Å². The molecule has 0 amide bonds. The van der Waals surface area contributed by atoms with Crippen LogP contribution >= 0.6 is 10.7 Å². The van der Waals surface area contributed by atoms with Crippen molar-refractivity contribution in [2.45, 2.75) is 0 Å². The first kappa shape index (κ1) is 7.51. The van der Waals surface area contributed by atoms with Gasteiger partial charge >= 0.3 is 9.15 Å². The van der Waals surface area contributed by atoms with E-state index in [4.69, 9.17) is 4.55 Å². The zero-order chi connectivity index (χ0) is 6.08. The van der Waals surface area contributed by atoms with E-state index in [-0.39, 0.29) is 0 Å². The Morgan fingerprint density at radius 1 is 1.71 bits per heavy atom. The summed E-state index contributed by atoms with van der Waals surface area (Å²) in [6, 6.07) is 0. The summed E-state index contributed by atoms with van der Waals surface area (Å²) >= 11 is 0. The van der Waals surface area contributed by atoms with Crippen molar-refractivity contribution in [2.24, 2.45) is 0 Å². The summed E-state index contributed by atoms with van der Waals surface area (Å²) in [4.78, 5) is 0. The van der Waals surface area contributed by atoms with Gasteiger partial charge in [-0.25, -0.2) is 4.55 Å². The van der Waals surface area contributed by atoms with E-state index in [9.17, 15) is 13.0 Å². The van der Waals surface area contributed by atoms with Gasteiger partial charge in [0, 0.05) is 0 Å². The summed E-state index contributed by atoms with van der Waals surface area (Å²) in [6.07, 6.45) is 0. The lowest BCUT2D eigenvalue weighted by atomic mass is 15.9. The van der Waals surface area contributed by atoms with Gasteiger partial charge in [0.1, 0.15) is 0 Å². The highest BCUT2D eigenvalue weighted by atomic mass is 35.8. The van der Waals surface area contributed by atoms with Crippen molar-refractivity contribution in [3.8, 4) is 0 Å². The monoisotopic (exact) mass is 164 g/mol. The zero-order valence-electron chi connectivity index (χ0n) is 2.87. The minimum Gasteiger partial charge on any atom is -0.582 e. The molecule has 0 radical (unpaired) electrons. The highest BCUT2D eigenvalue weighted by molar-refractivity contribution is 8.73. The Morgan fingerprint density at radius 2 is 1.86 bits per heavy atom. The molecule has 4 nitrogen and oxygen atoms in total. The van der Waals surface area contributed by atoms with Crippen LogP contribution in [0.25, 0.3) is 0 Å². The molecule has 0 rings (SSSR count). The second kappa shape index (κ2) is 2.19. The Bertz CT molecular complexity index is 132. The molecular weight excluding hydrogens is 164 g/mol. The minimum absolute atomic E-state index is 2.68. The largest absolute Gasteiger partial charge is 0.582 e. The summed E-state index contributed by atoms with van der Waals surface area (Å²) in [5.74, 6) is 0. The summed E-state index contributed by atoms with van der Waals surface area (Å²) in [5.41, 5.74) is 0. The lowest BCUT2D eigenvalue weighted by Gasteiger charge is -1.88. The fraction of sp³-hybridized carbons (Fsp3) is 0. The predicted molar refractivity (Wildman–Crippen MR) is 25.5 cm³/mol. The molecule has 0 saturated heterocycles. The van der Waals surface area contributed by atoms with Crippen LogP contribution in [-0.4, -0.2) is 17.5 Å². The van der Waals surface area contributed by atoms with Crippen LogP contribution in [0.5, 0.6) is 0 Å². The van der Waals surface area contributed by atoms with Crippen molar-refractivity contribution in [3.63, 3.8) is 0 Å². The van der Waals surface area contributed by atoms with Crippen molar-refractivity contribution in [2.75, 3.05) is 0 Å². The smallest absolute Gasteiger partial charge is 0.464 e. The highest BCUT2D eigenvalue weighted by Crippen LogP contribution is 2.03. The maximum Gasteiger partial charge on any atom is 0.464 e. The molecule has 0 aromatic rings. The zero-order valence-corrected chi connectivity index (χ0v) is 5.26. The average molecular weight is 165 g/mol. The van der Waals surface area contributed by atoms with Crippen molar-refractivity contribution in [3.05, 3.63) is 0 Å². The van der Waals surface area contributed by atoms with Crippen molar-refractivity contribution >= 4 is 29.3 Å². The fourth-order valence-corrected chi connectivity index (χ4v) is 0. The van der Waals surface area contributed by atoms with Crippen LogP contribution in [0.1, 0.15) is 0 Å². The molecule has 0 fully saturated rings. The van der Waals surface area contributed by atoms with Gasteiger partial charge in [-0.2, -0.15) is 0 Å². The lowest BCUT2D eigenvalue weighted by Crippen LogP contribution is -2.05. The van der Waals surface area contributed by atoms with E-state index in [2.05, 4.69) is 10.7 Å². The molecule has 1 N–H and O–H groups in total. The van der Waals surface area contributed by atoms with Crippen LogP contribution in [0.3, 0.4) is 0 Å². The summed E-state index contributed by atoms with van der Waals surface area (Å²) < 4.78 is 36.0. The number of hydrogen-bond donors (Lipinski definition) is 1. The third-order valence-electron chi connectivity index (χ3n) is 0.166. The molecule has 7 heteroatoms. The van der Waals surface area contributed by atoms with E-state index < -0.39 is 18.6 Å². The van der Waals surface area contributed by atoms with Crippen LogP contribution in [-0.2, 0) is 18.6 Å². The molecule has 0 aliphatic rings. The average Bonchev–Trinajstić information content (AvgIpc) is 1.31. The Balaban J connectivity index is 4.10. The Labute approximate surface area is 47.3 Å². The molecule has 0 aromatic heterocycles. The minimum atomic E-state index is -4.50. The molecule has 0 heterocycles. The van der Waals surface area contributed by atoms with Crippen molar-refractivity contribution in [1.29, 1.82) is 0 Å². The van der Waals surface area contributed by atoms with E-state index in [1.54, 1.807) is 0 Å². The predicted octanol–water partition coefficient (Wildman–Crippen LogP) is -0.308. The van der Waals surface area contributed by atoms with Crippen LogP contribution in [0, 0.1) is 0 Å². The molecule has 0 bridgehead atoms. The second-order valence-electron chi connectivity index (χ2n) is 0.622. The van der Waals surface area contributed by atoms with E-state index in [1.165, 1.54) is 0 Å². The van der Waals surface area contributed by atoms with Gasteiger partial charge in [-0.3, -0.25) is 0 Å². The van der Waals surface area contributed by atoms with E-state index >= 15 is 0 Å². The topological polar surface area (TPSA) is 77.4 Å². The highest BCUT2D eigenvalue weighted by Gasteiger charge is 2.20. The van der Waals surface area contributed by atoms with Gasteiger partial charge in [0.2, 0.25) is 9.42 Å². The Hall–Kier alpha value is 0.510. The number of hydrogen-bond acceptors (Lipinski definition) is 3. The fourth-order valence-electron chi connectivity index (χ4n) is 0.